The molecule has 152 valence electrons. The normalized spacial score (nSPS) is 21.4. The van der Waals surface area contributed by atoms with Crippen molar-refractivity contribution < 1.29 is 22.8 Å². The summed E-state index contributed by atoms with van der Waals surface area (Å²) in [6.45, 7) is 1.85. The standard InChI is InChI=1S/C23H22F3NO2/c1-14-5-6-16(15-7-9-17(10-8-15)23(24,25)26)13-18(14)19-20(28)22(27-21(19)29)11-3-2-4-12-22/h5-10,13,19H,2-4,11-12H2,1H3,(H,27,29). The van der Waals surface area contributed by atoms with Gasteiger partial charge in [0.25, 0.3) is 0 Å². The summed E-state index contributed by atoms with van der Waals surface area (Å²) in [5, 5.41) is 2.96. The molecule has 2 aliphatic rings. The highest BCUT2D eigenvalue weighted by Crippen LogP contribution is 2.40. The molecule has 1 amide bonds. The van der Waals surface area contributed by atoms with E-state index in [4.69, 9.17) is 0 Å². The van der Waals surface area contributed by atoms with Crippen LogP contribution in [0.1, 0.15) is 54.7 Å². The van der Waals surface area contributed by atoms with Crippen LogP contribution in [0, 0.1) is 6.92 Å². The van der Waals surface area contributed by atoms with Crippen molar-refractivity contribution in [2.24, 2.45) is 0 Å². The third-order valence-corrected chi connectivity index (χ3v) is 6.20. The van der Waals surface area contributed by atoms with Crippen molar-refractivity contribution >= 4 is 11.7 Å². The number of halogens is 3. The fraction of sp³-hybridized carbons (Fsp3) is 0.391. The van der Waals surface area contributed by atoms with Gasteiger partial charge < -0.3 is 5.32 Å². The molecule has 1 aliphatic carbocycles. The zero-order chi connectivity index (χ0) is 20.8. The molecule has 1 spiro atoms. The summed E-state index contributed by atoms with van der Waals surface area (Å²) in [6, 6.07) is 10.3. The van der Waals surface area contributed by atoms with Gasteiger partial charge in [-0.2, -0.15) is 13.2 Å². The maximum absolute atomic E-state index is 13.2. The van der Waals surface area contributed by atoms with Crippen molar-refractivity contribution in [3.63, 3.8) is 0 Å². The van der Waals surface area contributed by atoms with Gasteiger partial charge >= 0.3 is 6.18 Å². The Bertz CT molecular complexity index is 957. The van der Waals surface area contributed by atoms with Gasteiger partial charge in [-0.3, -0.25) is 9.59 Å². The van der Waals surface area contributed by atoms with Crippen molar-refractivity contribution in [3.8, 4) is 11.1 Å². The first-order valence-corrected chi connectivity index (χ1v) is 9.86. The second-order valence-electron chi connectivity index (χ2n) is 8.08. The molecular formula is C23H22F3NO2. The van der Waals surface area contributed by atoms with E-state index < -0.39 is 23.2 Å². The van der Waals surface area contributed by atoms with Crippen LogP contribution in [-0.2, 0) is 15.8 Å². The van der Waals surface area contributed by atoms with Gasteiger partial charge in [0.05, 0.1) is 11.1 Å². The maximum atomic E-state index is 13.2. The number of hydrogen-bond donors (Lipinski definition) is 1. The van der Waals surface area contributed by atoms with Gasteiger partial charge in [-0.25, -0.2) is 0 Å². The van der Waals surface area contributed by atoms with Crippen LogP contribution in [0.5, 0.6) is 0 Å². The van der Waals surface area contributed by atoms with Crippen molar-refractivity contribution in [2.75, 3.05) is 0 Å². The van der Waals surface area contributed by atoms with Crippen LogP contribution in [0.4, 0.5) is 13.2 Å². The van der Waals surface area contributed by atoms with Crippen LogP contribution >= 0.6 is 0 Å². The zero-order valence-corrected chi connectivity index (χ0v) is 16.1. The number of alkyl halides is 3. The highest BCUT2D eigenvalue weighted by Gasteiger charge is 2.53. The van der Waals surface area contributed by atoms with Crippen molar-refractivity contribution in [1.29, 1.82) is 0 Å². The number of aryl methyl sites for hydroxylation is 1. The molecule has 2 aromatic carbocycles. The Morgan fingerprint density at radius 2 is 1.55 bits per heavy atom. The molecule has 6 heteroatoms. The Labute approximate surface area is 167 Å². The molecule has 1 saturated carbocycles. The van der Waals surface area contributed by atoms with Gasteiger partial charge in [-0.05, 0) is 60.2 Å². The molecule has 2 fully saturated rings. The number of benzene rings is 2. The number of carbonyl (C=O) groups excluding carboxylic acids is 2. The topological polar surface area (TPSA) is 46.2 Å². The summed E-state index contributed by atoms with van der Waals surface area (Å²) >= 11 is 0. The Kier molecular flexibility index (Phi) is 4.75. The molecule has 0 radical (unpaired) electrons. The number of amides is 1. The number of ketones is 1. The fourth-order valence-corrected chi connectivity index (χ4v) is 4.56. The largest absolute Gasteiger partial charge is 0.416 e. The lowest BCUT2D eigenvalue weighted by molar-refractivity contribution is -0.137. The van der Waals surface area contributed by atoms with Gasteiger partial charge in [0.1, 0.15) is 5.92 Å². The minimum Gasteiger partial charge on any atom is -0.343 e. The third-order valence-electron chi connectivity index (χ3n) is 6.20. The fourth-order valence-electron chi connectivity index (χ4n) is 4.56. The first-order chi connectivity index (χ1) is 13.7. The Balaban J connectivity index is 1.69. The van der Waals surface area contributed by atoms with Crippen LogP contribution in [0.2, 0.25) is 0 Å². The molecule has 1 N–H and O–H groups in total. The highest BCUT2D eigenvalue weighted by atomic mass is 19.4. The first kappa shape index (κ1) is 19.7. The monoisotopic (exact) mass is 401 g/mol. The average Bonchev–Trinajstić information content (AvgIpc) is 2.92. The van der Waals surface area contributed by atoms with E-state index >= 15 is 0 Å². The minimum atomic E-state index is -4.39. The van der Waals surface area contributed by atoms with Crippen LogP contribution in [-0.4, -0.2) is 17.2 Å². The average molecular weight is 401 g/mol. The molecule has 1 heterocycles. The van der Waals surface area contributed by atoms with E-state index in [0.29, 0.717) is 29.5 Å². The molecule has 1 aliphatic heterocycles. The number of carbonyl (C=O) groups is 2. The lowest BCUT2D eigenvalue weighted by Gasteiger charge is -2.31. The summed E-state index contributed by atoms with van der Waals surface area (Å²) < 4.78 is 38.5. The van der Waals surface area contributed by atoms with Crippen LogP contribution < -0.4 is 5.32 Å². The lowest BCUT2D eigenvalue weighted by Crippen LogP contribution is -2.47. The second-order valence-corrected chi connectivity index (χ2v) is 8.08. The van der Waals surface area contributed by atoms with E-state index in [1.54, 1.807) is 12.1 Å². The first-order valence-electron chi connectivity index (χ1n) is 9.86. The van der Waals surface area contributed by atoms with Gasteiger partial charge in [0, 0.05) is 0 Å². The predicted molar refractivity (Wildman–Crippen MR) is 103 cm³/mol. The Hall–Kier alpha value is -2.63. The molecule has 0 bridgehead atoms. The number of Topliss-reactive ketones (excluding diaryl/α,β-unsaturated/α-hetero) is 1. The SMILES string of the molecule is Cc1ccc(-c2ccc(C(F)(F)F)cc2)cc1C1C(=O)NC2(CCCCC2)C1=O. The highest BCUT2D eigenvalue weighted by molar-refractivity contribution is 6.17. The summed E-state index contributed by atoms with van der Waals surface area (Å²) in [5.74, 6) is -1.21. The van der Waals surface area contributed by atoms with Crippen LogP contribution in [0.15, 0.2) is 42.5 Å². The maximum Gasteiger partial charge on any atom is 0.416 e. The van der Waals surface area contributed by atoms with Gasteiger partial charge in [0.15, 0.2) is 5.78 Å². The third kappa shape index (κ3) is 3.45. The van der Waals surface area contributed by atoms with Crippen molar-refractivity contribution in [1.82, 2.24) is 5.32 Å². The number of nitrogens with one attached hydrogen (secondary N) is 1. The number of hydrogen-bond acceptors (Lipinski definition) is 2. The molecule has 29 heavy (non-hydrogen) atoms. The predicted octanol–water partition coefficient (Wildman–Crippen LogP) is 5.17. The smallest absolute Gasteiger partial charge is 0.343 e. The molecule has 4 rings (SSSR count). The molecule has 2 aromatic rings. The van der Waals surface area contributed by atoms with Gasteiger partial charge in [0.2, 0.25) is 5.91 Å². The van der Waals surface area contributed by atoms with Gasteiger partial charge in [-0.1, -0.05) is 43.5 Å². The lowest BCUT2D eigenvalue weighted by atomic mass is 9.76. The van der Waals surface area contributed by atoms with E-state index in [1.807, 2.05) is 13.0 Å². The molecular weight excluding hydrogens is 379 g/mol. The summed E-state index contributed by atoms with van der Waals surface area (Å²) in [7, 11) is 0. The van der Waals surface area contributed by atoms with E-state index in [1.165, 1.54) is 12.1 Å². The van der Waals surface area contributed by atoms with E-state index in [0.717, 1.165) is 37.0 Å². The molecule has 1 saturated heterocycles. The molecule has 1 unspecified atom stereocenters. The van der Waals surface area contributed by atoms with E-state index in [9.17, 15) is 22.8 Å². The molecule has 1 atom stereocenters. The molecule has 3 nitrogen and oxygen atoms in total. The summed E-state index contributed by atoms with van der Waals surface area (Å²) in [5.41, 5.74) is 1.28. The van der Waals surface area contributed by atoms with Crippen molar-refractivity contribution in [2.45, 2.75) is 56.7 Å². The zero-order valence-electron chi connectivity index (χ0n) is 16.1. The van der Waals surface area contributed by atoms with Crippen LogP contribution in [0.25, 0.3) is 11.1 Å². The summed E-state index contributed by atoms with van der Waals surface area (Å²) in [6.07, 6.45) is -0.137. The second kappa shape index (κ2) is 7.01. The van der Waals surface area contributed by atoms with Gasteiger partial charge in [-0.15, -0.1) is 0 Å². The van der Waals surface area contributed by atoms with E-state index in [-0.39, 0.29) is 11.7 Å². The Morgan fingerprint density at radius 3 is 2.17 bits per heavy atom. The number of rotatable bonds is 2. The van der Waals surface area contributed by atoms with Crippen molar-refractivity contribution in [3.05, 3.63) is 59.2 Å². The molecule has 0 aromatic heterocycles. The Morgan fingerprint density at radius 1 is 0.931 bits per heavy atom. The van der Waals surface area contributed by atoms with E-state index in [2.05, 4.69) is 5.32 Å². The quantitative estimate of drug-likeness (QED) is 0.706. The summed E-state index contributed by atoms with van der Waals surface area (Å²) in [4.78, 5) is 26.0. The minimum absolute atomic E-state index is 0.0742. The van der Waals surface area contributed by atoms with Crippen LogP contribution in [0.3, 0.4) is 0 Å².